The van der Waals surface area contributed by atoms with E-state index in [0.29, 0.717) is 10.7 Å². The molecular formula is C20H17ClN3O2S+. The predicted molar refractivity (Wildman–Crippen MR) is 111 cm³/mol. The highest BCUT2D eigenvalue weighted by Gasteiger charge is 2.14. The molecule has 1 heterocycles. The Hall–Kier alpha value is -2.83. The molecule has 0 atom stereocenters. The summed E-state index contributed by atoms with van der Waals surface area (Å²) in [4.78, 5) is 3.41. The second-order valence-electron chi connectivity index (χ2n) is 6.31. The summed E-state index contributed by atoms with van der Waals surface area (Å²) >= 11 is 6.16. The van der Waals surface area contributed by atoms with Crippen LogP contribution in [0.3, 0.4) is 0 Å². The van der Waals surface area contributed by atoms with Gasteiger partial charge in [0.25, 0.3) is 0 Å². The first-order chi connectivity index (χ1) is 12.9. The summed E-state index contributed by atoms with van der Waals surface area (Å²) in [6, 6.07) is 20.9. The summed E-state index contributed by atoms with van der Waals surface area (Å²) in [7, 11) is -3.30. The van der Waals surface area contributed by atoms with Gasteiger partial charge in [-0.1, -0.05) is 23.7 Å². The SMILES string of the molecule is CS(=O)(=O)Nc1ccc(Nc2c3ccccc3[nH+]c3cc(Cl)ccc23)cc1. The van der Waals surface area contributed by atoms with Gasteiger partial charge in [-0.15, -0.1) is 0 Å². The number of aromatic nitrogens is 1. The number of benzene rings is 3. The molecule has 3 N–H and O–H groups in total. The van der Waals surface area contributed by atoms with Crippen molar-refractivity contribution in [2.75, 3.05) is 16.3 Å². The van der Waals surface area contributed by atoms with Crippen molar-refractivity contribution in [3.8, 4) is 0 Å². The number of para-hydroxylation sites is 1. The fourth-order valence-corrected chi connectivity index (χ4v) is 3.79. The number of pyridine rings is 1. The minimum absolute atomic E-state index is 0.519. The van der Waals surface area contributed by atoms with Crippen molar-refractivity contribution in [3.05, 3.63) is 71.8 Å². The Labute approximate surface area is 162 Å². The number of aromatic amines is 1. The lowest BCUT2D eigenvalue weighted by molar-refractivity contribution is -0.310. The van der Waals surface area contributed by atoms with Gasteiger partial charge in [0, 0.05) is 28.5 Å². The monoisotopic (exact) mass is 398 g/mol. The third-order valence-electron chi connectivity index (χ3n) is 4.17. The lowest BCUT2D eigenvalue weighted by Crippen LogP contribution is -2.09. The van der Waals surface area contributed by atoms with Crippen molar-refractivity contribution in [2.45, 2.75) is 0 Å². The third kappa shape index (κ3) is 3.82. The summed E-state index contributed by atoms with van der Waals surface area (Å²) in [5.41, 5.74) is 4.25. The molecule has 0 spiro atoms. The van der Waals surface area contributed by atoms with Crippen LogP contribution in [0.5, 0.6) is 0 Å². The molecule has 3 aromatic carbocycles. The van der Waals surface area contributed by atoms with Gasteiger partial charge in [0.05, 0.1) is 22.7 Å². The van der Waals surface area contributed by atoms with E-state index in [1.54, 1.807) is 12.1 Å². The minimum Gasteiger partial charge on any atom is -0.354 e. The standard InChI is InChI=1S/C20H16ClN3O2S/c1-27(25,26)24-15-9-7-14(8-10-15)22-20-16-4-2-3-5-18(16)23-19-12-13(21)6-11-17(19)20/h2-12,24H,1H3,(H,22,23)/p+1. The summed E-state index contributed by atoms with van der Waals surface area (Å²) < 4.78 is 25.2. The normalized spacial score (nSPS) is 11.6. The molecule has 0 aliphatic rings. The number of nitrogens with one attached hydrogen (secondary N) is 3. The summed E-state index contributed by atoms with van der Waals surface area (Å²) in [5, 5.41) is 6.18. The zero-order chi connectivity index (χ0) is 19.0. The Bertz CT molecular complexity index is 1260. The zero-order valence-electron chi connectivity index (χ0n) is 14.5. The molecule has 0 aliphatic carbocycles. The fourth-order valence-electron chi connectivity index (χ4n) is 3.05. The maximum atomic E-state index is 11.4. The van der Waals surface area contributed by atoms with Gasteiger partial charge in [0.1, 0.15) is 0 Å². The Balaban J connectivity index is 1.80. The lowest BCUT2D eigenvalue weighted by atomic mass is 10.1. The number of sulfonamides is 1. The Morgan fingerprint density at radius 2 is 1.52 bits per heavy atom. The molecule has 0 unspecified atom stereocenters. The van der Waals surface area contributed by atoms with Gasteiger partial charge in [-0.2, -0.15) is 0 Å². The van der Waals surface area contributed by atoms with E-state index in [1.807, 2.05) is 54.6 Å². The van der Waals surface area contributed by atoms with E-state index in [1.165, 1.54) is 0 Å². The summed E-state index contributed by atoms with van der Waals surface area (Å²) in [6.07, 6.45) is 1.13. The van der Waals surface area contributed by atoms with Crippen molar-refractivity contribution in [3.63, 3.8) is 0 Å². The molecule has 7 heteroatoms. The molecule has 27 heavy (non-hydrogen) atoms. The van der Waals surface area contributed by atoms with E-state index >= 15 is 0 Å². The van der Waals surface area contributed by atoms with E-state index in [2.05, 4.69) is 15.0 Å². The largest absolute Gasteiger partial charge is 0.354 e. The first-order valence-electron chi connectivity index (χ1n) is 8.27. The molecule has 4 aromatic rings. The van der Waals surface area contributed by atoms with Gasteiger partial charge < -0.3 is 5.32 Å². The van der Waals surface area contributed by atoms with Crippen LogP contribution in [-0.4, -0.2) is 14.7 Å². The predicted octanol–water partition coefficient (Wildman–Crippen LogP) is 4.58. The number of H-pyrrole nitrogens is 1. The van der Waals surface area contributed by atoms with Crippen LogP contribution in [0.2, 0.25) is 5.02 Å². The van der Waals surface area contributed by atoms with E-state index in [9.17, 15) is 8.42 Å². The summed E-state index contributed by atoms with van der Waals surface area (Å²) in [6.45, 7) is 0. The average molecular weight is 399 g/mol. The van der Waals surface area contributed by atoms with Crippen molar-refractivity contribution < 1.29 is 13.4 Å². The van der Waals surface area contributed by atoms with Crippen molar-refractivity contribution in [1.29, 1.82) is 0 Å². The Kier molecular flexibility index (Phi) is 4.37. The van der Waals surface area contributed by atoms with Crippen molar-refractivity contribution >= 4 is 60.5 Å². The van der Waals surface area contributed by atoms with Crippen LogP contribution >= 0.6 is 11.6 Å². The highest BCUT2D eigenvalue weighted by Crippen LogP contribution is 2.32. The van der Waals surface area contributed by atoms with E-state index in [-0.39, 0.29) is 0 Å². The molecule has 0 saturated carbocycles. The Morgan fingerprint density at radius 1 is 0.852 bits per heavy atom. The van der Waals surface area contributed by atoms with Crippen LogP contribution in [0.1, 0.15) is 0 Å². The van der Waals surface area contributed by atoms with Crippen LogP contribution in [0.15, 0.2) is 66.7 Å². The van der Waals surface area contributed by atoms with Gasteiger partial charge in [0.15, 0.2) is 0 Å². The number of rotatable bonds is 4. The van der Waals surface area contributed by atoms with Crippen LogP contribution in [0.4, 0.5) is 17.1 Å². The molecule has 5 nitrogen and oxygen atoms in total. The quantitative estimate of drug-likeness (QED) is 0.494. The van der Waals surface area contributed by atoms with E-state index < -0.39 is 10.0 Å². The molecule has 1 aromatic heterocycles. The highest BCUT2D eigenvalue weighted by atomic mass is 35.5. The highest BCUT2D eigenvalue weighted by molar-refractivity contribution is 7.92. The number of halogens is 1. The lowest BCUT2D eigenvalue weighted by Gasteiger charge is -2.11. The number of hydrogen-bond acceptors (Lipinski definition) is 3. The molecule has 0 saturated heterocycles. The fraction of sp³-hybridized carbons (Fsp3) is 0.0500. The van der Waals surface area contributed by atoms with Crippen LogP contribution in [0.25, 0.3) is 21.8 Å². The van der Waals surface area contributed by atoms with Gasteiger partial charge >= 0.3 is 0 Å². The number of anilines is 3. The molecule has 0 aliphatic heterocycles. The smallest absolute Gasteiger partial charge is 0.229 e. The first kappa shape index (κ1) is 17.6. The number of fused-ring (bicyclic) bond motifs is 2. The van der Waals surface area contributed by atoms with Crippen LogP contribution in [-0.2, 0) is 10.0 Å². The first-order valence-corrected chi connectivity index (χ1v) is 10.5. The van der Waals surface area contributed by atoms with Crippen LogP contribution < -0.4 is 15.0 Å². The molecule has 0 amide bonds. The molecule has 0 fully saturated rings. The average Bonchev–Trinajstić information content (AvgIpc) is 2.61. The molecular weight excluding hydrogens is 382 g/mol. The molecule has 4 rings (SSSR count). The van der Waals surface area contributed by atoms with Gasteiger partial charge in [-0.25, -0.2) is 13.4 Å². The van der Waals surface area contributed by atoms with Gasteiger partial charge in [-0.05, 0) is 42.5 Å². The maximum Gasteiger partial charge on any atom is 0.229 e. The van der Waals surface area contributed by atoms with Crippen LogP contribution in [0, 0.1) is 0 Å². The van der Waals surface area contributed by atoms with Crippen molar-refractivity contribution in [2.24, 2.45) is 0 Å². The Morgan fingerprint density at radius 3 is 2.26 bits per heavy atom. The summed E-state index contributed by atoms with van der Waals surface area (Å²) in [5.74, 6) is 0. The minimum atomic E-state index is -3.30. The maximum absolute atomic E-state index is 11.4. The molecule has 136 valence electrons. The van der Waals surface area contributed by atoms with E-state index in [4.69, 9.17) is 11.6 Å². The van der Waals surface area contributed by atoms with Crippen molar-refractivity contribution in [1.82, 2.24) is 0 Å². The molecule has 0 radical (unpaired) electrons. The second kappa shape index (κ2) is 6.72. The second-order valence-corrected chi connectivity index (χ2v) is 8.50. The third-order valence-corrected chi connectivity index (χ3v) is 5.02. The van der Waals surface area contributed by atoms with Gasteiger partial charge in [0.2, 0.25) is 21.1 Å². The number of hydrogen-bond donors (Lipinski definition) is 2. The van der Waals surface area contributed by atoms with Gasteiger partial charge in [-0.3, -0.25) is 4.72 Å². The topological polar surface area (TPSA) is 72.3 Å². The molecule has 0 bridgehead atoms. The van der Waals surface area contributed by atoms with E-state index in [0.717, 1.165) is 39.4 Å². The zero-order valence-corrected chi connectivity index (χ0v) is 16.0.